The van der Waals surface area contributed by atoms with Crippen LogP contribution in [0, 0.1) is 0 Å². The van der Waals surface area contributed by atoms with E-state index in [9.17, 15) is 19.8 Å². The predicted molar refractivity (Wildman–Crippen MR) is 338 cm³/mol. The van der Waals surface area contributed by atoms with Crippen molar-refractivity contribution in [2.24, 2.45) is 0 Å². The topological polar surface area (TPSA) is 158 Å². The molecular weight excluding hydrogens is 1030 g/mol. The number of carbonyl (C=O) groups is 2. The highest BCUT2D eigenvalue weighted by molar-refractivity contribution is 6.84. The number of esters is 2. The number of likely N-dealkylation sites (N-methyl/N-ethyl adjacent to an activating group) is 2. The van der Waals surface area contributed by atoms with Crippen molar-refractivity contribution < 1.29 is 42.9 Å². The molecule has 0 rings (SSSR count). The van der Waals surface area contributed by atoms with Gasteiger partial charge in [0, 0.05) is 26.3 Å². The van der Waals surface area contributed by atoms with E-state index in [4.69, 9.17) is 23.1 Å². The molecule has 0 aromatic carbocycles. The van der Waals surface area contributed by atoms with Gasteiger partial charge in [0.25, 0.3) is 0 Å². The second-order valence-electron chi connectivity index (χ2n) is 24.1. The monoisotopic (exact) mass is 1160 g/mol. The van der Waals surface area contributed by atoms with Crippen LogP contribution >= 0.6 is 0 Å². The van der Waals surface area contributed by atoms with Gasteiger partial charge in [-0.2, -0.15) is 0 Å². The molecule has 15 nitrogen and oxygen atoms in total. The largest absolute Gasteiger partial charge is 0.465 e. The number of ether oxygens (including phenoxy) is 4. The van der Waals surface area contributed by atoms with Crippen LogP contribution in [0.2, 0.25) is 38.3 Å². The molecule has 0 aliphatic carbocycles. The van der Waals surface area contributed by atoms with Crippen molar-refractivity contribution in [3.8, 4) is 0 Å². The van der Waals surface area contributed by atoms with Crippen molar-refractivity contribution in [2.45, 2.75) is 245 Å². The third kappa shape index (κ3) is 52.2. The second-order valence-corrected chi connectivity index (χ2v) is 32.9. The van der Waals surface area contributed by atoms with Gasteiger partial charge in [0.2, 0.25) is 0 Å². The van der Waals surface area contributed by atoms with Crippen molar-refractivity contribution in [3.63, 3.8) is 0 Å². The van der Waals surface area contributed by atoms with Crippen LogP contribution in [0.3, 0.4) is 0 Å². The Morgan fingerprint density at radius 2 is 0.734 bits per heavy atom. The highest BCUT2D eigenvalue weighted by Crippen LogP contribution is 2.24. The molecular formula is C62H132N6O9Si2. The van der Waals surface area contributed by atoms with Crippen molar-refractivity contribution >= 4 is 28.6 Å². The fraction of sp³-hybridized carbons (Fsp3) is 0.968. The number of nitrogens with one attached hydrogen (secondary N) is 2. The fourth-order valence-corrected chi connectivity index (χ4v) is 19.3. The van der Waals surface area contributed by atoms with E-state index in [0.29, 0.717) is 65.8 Å². The first-order valence-electron chi connectivity index (χ1n) is 32.9. The smallest absolute Gasteiger partial charge is 0.320 e. The molecule has 0 spiro atoms. The maximum Gasteiger partial charge on any atom is 0.320 e. The minimum absolute atomic E-state index is 0.127. The zero-order chi connectivity index (χ0) is 58.5. The zero-order valence-corrected chi connectivity index (χ0v) is 55.6. The number of hydrogen-bond acceptors (Lipinski definition) is 15. The molecule has 0 aromatic rings. The van der Waals surface area contributed by atoms with Gasteiger partial charge in [-0.05, 0) is 169 Å². The van der Waals surface area contributed by atoms with E-state index in [1.54, 1.807) is 0 Å². The predicted octanol–water partition coefficient (Wildman–Crippen LogP) is 11.1. The van der Waals surface area contributed by atoms with Crippen molar-refractivity contribution in [1.29, 1.82) is 0 Å². The molecule has 0 amide bonds. The lowest BCUT2D eigenvalue weighted by Crippen LogP contribution is -2.44. The van der Waals surface area contributed by atoms with Crippen molar-refractivity contribution in [1.82, 2.24) is 30.2 Å². The summed E-state index contributed by atoms with van der Waals surface area (Å²) in [6, 6.07) is 2.01. The molecule has 0 heterocycles. The highest BCUT2D eigenvalue weighted by Gasteiger charge is 2.32. The van der Waals surface area contributed by atoms with Gasteiger partial charge in [0.1, 0.15) is 0 Å². The standard InChI is InChI=1S/C62H132N6O9Si2/c1-11-15-17-19-21-23-25-27-29-31-49-75-61(71)55-65(13-3)43-35-45-67(41-33-39-63-5)53-59(69)57-73-47-37-51-78(7,8)77-79(9,10)52-38-48-74-58-60(70)54-68(42-34-40-64-6)46-36-44-66(14-4)56-62(72)76-50-32-30-28-26-24-22-20-18-16-12-2/h59-60,63-64,69-70H,11-58H2,1-10H3. The Morgan fingerprint density at radius 1 is 0.418 bits per heavy atom. The van der Waals surface area contributed by atoms with Crippen LogP contribution in [0.15, 0.2) is 0 Å². The molecule has 79 heavy (non-hydrogen) atoms. The Morgan fingerprint density at radius 3 is 1.06 bits per heavy atom. The van der Waals surface area contributed by atoms with Crippen LogP contribution in [0.5, 0.6) is 0 Å². The van der Waals surface area contributed by atoms with Crippen LogP contribution in [0.1, 0.15) is 195 Å². The number of rotatable bonds is 62. The zero-order valence-electron chi connectivity index (χ0n) is 53.6. The fourth-order valence-electron chi connectivity index (χ4n) is 10.5. The number of hydrogen-bond donors (Lipinski definition) is 4. The Bertz CT molecular complexity index is 1250. The summed E-state index contributed by atoms with van der Waals surface area (Å²) in [6.45, 7) is 31.2. The first-order valence-corrected chi connectivity index (χ1v) is 39.1. The SMILES string of the molecule is CCCCCCCCCCCCOC(=O)CN(CC)CCCN(CCCNC)CC(O)COCCC[Si](C)(C)O[Si](C)(C)CCCOCC(O)CN(CCCNC)CCCN(CC)CC(=O)OCCCCCCCCCCCC. The van der Waals surface area contributed by atoms with E-state index in [1.807, 2.05) is 14.1 Å². The summed E-state index contributed by atoms with van der Waals surface area (Å²) >= 11 is 0. The van der Waals surface area contributed by atoms with E-state index in [2.05, 4.69) is 84.1 Å². The summed E-state index contributed by atoms with van der Waals surface area (Å²) in [4.78, 5) is 34.2. The molecule has 0 saturated heterocycles. The van der Waals surface area contributed by atoms with Gasteiger partial charge in [-0.15, -0.1) is 0 Å². The summed E-state index contributed by atoms with van der Waals surface area (Å²) in [5.41, 5.74) is 0. The minimum atomic E-state index is -1.93. The molecule has 0 aliphatic rings. The molecule has 2 unspecified atom stereocenters. The lowest BCUT2D eigenvalue weighted by atomic mass is 10.1. The van der Waals surface area contributed by atoms with Crippen LogP contribution < -0.4 is 10.6 Å². The van der Waals surface area contributed by atoms with Gasteiger partial charge in [-0.25, -0.2) is 0 Å². The number of carbonyl (C=O) groups excluding carboxylic acids is 2. The first kappa shape index (κ1) is 77.9. The quantitative estimate of drug-likeness (QED) is 0.0259. The summed E-state index contributed by atoms with van der Waals surface area (Å²) in [6.07, 6.45) is 29.8. The summed E-state index contributed by atoms with van der Waals surface area (Å²) in [5, 5.41) is 28.5. The number of aliphatic hydroxyl groups excluding tert-OH is 2. The molecule has 0 aliphatic heterocycles. The van der Waals surface area contributed by atoms with E-state index >= 15 is 0 Å². The van der Waals surface area contributed by atoms with Gasteiger partial charge in [0.05, 0.1) is 51.7 Å². The summed E-state index contributed by atoms with van der Waals surface area (Å²) in [7, 11) is 0.0914. The average molecular weight is 1160 g/mol. The van der Waals surface area contributed by atoms with Crippen LogP contribution in [0.4, 0.5) is 0 Å². The van der Waals surface area contributed by atoms with E-state index in [1.165, 1.54) is 103 Å². The maximum absolute atomic E-state index is 12.6. The highest BCUT2D eigenvalue weighted by atomic mass is 28.4. The van der Waals surface area contributed by atoms with Crippen molar-refractivity contribution in [3.05, 3.63) is 0 Å². The van der Waals surface area contributed by atoms with Crippen LogP contribution in [-0.2, 0) is 32.7 Å². The normalized spacial score (nSPS) is 13.2. The maximum atomic E-state index is 12.6. The van der Waals surface area contributed by atoms with Gasteiger partial charge < -0.3 is 53.7 Å². The molecule has 2 atom stereocenters. The lowest BCUT2D eigenvalue weighted by molar-refractivity contribution is -0.146. The number of nitrogens with zero attached hydrogens (tertiary/aromatic N) is 4. The number of unbranched alkanes of at least 4 members (excludes halogenated alkanes) is 18. The summed E-state index contributed by atoms with van der Waals surface area (Å²) < 4.78 is 30.2. The summed E-state index contributed by atoms with van der Waals surface area (Å²) in [5.74, 6) is -0.253. The van der Waals surface area contributed by atoms with Crippen molar-refractivity contribution in [2.75, 3.05) is 145 Å². The Hall–Kier alpha value is -1.07. The van der Waals surface area contributed by atoms with Gasteiger partial charge in [-0.3, -0.25) is 19.4 Å². The Kier molecular flexibility index (Phi) is 54.1. The molecule has 0 fully saturated rings. The minimum Gasteiger partial charge on any atom is -0.465 e. The van der Waals surface area contributed by atoms with E-state index in [-0.39, 0.29) is 11.9 Å². The molecule has 4 N–H and O–H groups in total. The van der Waals surface area contributed by atoms with Gasteiger partial charge in [0.15, 0.2) is 16.6 Å². The third-order valence-corrected chi connectivity index (χ3v) is 22.6. The average Bonchev–Trinajstić information content (AvgIpc) is 3.40. The molecule has 17 heteroatoms. The van der Waals surface area contributed by atoms with E-state index in [0.717, 1.165) is 142 Å². The van der Waals surface area contributed by atoms with E-state index < -0.39 is 28.8 Å². The molecule has 0 aromatic heterocycles. The number of aliphatic hydroxyl groups is 2. The Labute approximate surface area is 490 Å². The molecule has 0 saturated carbocycles. The van der Waals surface area contributed by atoms with Gasteiger partial charge >= 0.3 is 11.9 Å². The molecule has 0 radical (unpaired) electrons. The molecule has 472 valence electrons. The molecule has 0 bridgehead atoms. The first-order chi connectivity index (χ1) is 38.1. The van der Waals surface area contributed by atoms with Gasteiger partial charge in [-0.1, -0.05) is 143 Å². The second kappa shape index (κ2) is 54.8. The van der Waals surface area contributed by atoms with Crippen LogP contribution in [0.25, 0.3) is 0 Å². The third-order valence-electron chi connectivity index (χ3n) is 15.1. The lowest BCUT2D eigenvalue weighted by Gasteiger charge is -2.34. The van der Waals surface area contributed by atoms with Crippen LogP contribution in [-0.4, -0.2) is 216 Å². The Balaban J connectivity index is 4.52.